The summed E-state index contributed by atoms with van der Waals surface area (Å²) in [6.07, 6.45) is -4.56. The zero-order valence-corrected chi connectivity index (χ0v) is 10.7. The largest absolute Gasteiger partial charge is 0.484 e. The molecular formula is C13H15F3N2O2. The molecule has 2 rings (SSSR count). The second-order valence-electron chi connectivity index (χ2n) is 4.76. The molecule has 1 aliphatic rings. The Bertz CT molecular complexity index is 481. The average molecular weight is 288 g/mol. The van der Waals surface area contributed by atoms with E-state index in [4.69, 9.17) is 10.5 Å². The van der Waals surface area contributed by atoms with Crippen LogP contribution in [0.2, 0.25) is 0 Å². The van der Waals surface area contributed by atoms with E-state index in [-0.39, 0.29) is 12.8 Å². The van der Waals surface area contributed by atoms with Crippen LogP contribution in [0.25, 0.3) is 0 Å². The van der Waals surface area contributed by atoms with E-state index in [0.29, 0.717) is 12.3 Å². The highest BCUT2D eigenvalue weighted by Gasteiger charge is 2.64. The van der Waals surface area contributed by atoms with Crippen molar-refractivity contribution in [2.45, 2.75) is 31.1 Å². The van der Waals surface area contributed by atoms with E-state index in [1.54, 1.807) is 24.3 Å². The third-order valence-corrected chi connectivity index (χ3v) is 3.20. The Morgan fingerprint density at radius 3 is 2.35 bits per heavy atom. The number of ether oxygens (including phenoxy) is 1. The molecule has 0 aliphatic heterocycles. The first kappa shape index (κ1) is 14.6. The predicted molar refractivity (Wildman–Crippen MR) is 66.0 cm³/mol. The van der Waals surface area contributed by atoms with Gasteiger partial charge in [-0.1, -0.05) is 12.1 Å². The second-order valence-corrected chi connectivity index (χ2v) is 4.76. The van der Waals surface area contributed by atoms with Gasteiger partial charge in [0.2, 0.25) is 0 Å². The van der Waals surface area contributed by atoms with Gasteiger partial charge in [0.1, 0.15) is 11.3 Å². The van der Waals surface area contributed by atoms with Crippen LogP contribution in [0.1, 0.15) is 18.4 Å². The summed E-state index contributed by atoms with van der Waals surface area (Å²) in [5.74, 6) is -0.364. The number of hydrogen-bond donors (Lipinski definition) is 2. The Morgan fingerprint density at radius 1 is 1.30 bits per heavy atom. The van der Waals surface area contributed by atoms with Crippen molar-refractivity contribution in [1.29, 1.82) is 0 Å². The standard InChI is InChI=1S/C13H15F3N2O2/c14-13(15,16)12(5-6-12)18-11(19)8-20-10-3-1-9(7-17)2-4-10/h1-4H,5-8,17H2,(H,18,19). The van der Waals surface area contributed by atoms with E-state index in [1.165, 1.54) is 0 Å². The predicted octanol–water partition coefficient (Wildman–Crippen LogP) is 1.74. The van der Waals surface area contributed by atoms with Gasteiger partial charge in [0.05, 0.1) is 0 Å². The van der Waals surface area contributed by atoms with Gasteiger partial charge in [-0.15, -0.1) is 0 Å². The quantitative estimate of drug-likeness (QED) is 0.867. The highest BCUT2D eigenvalue weighted by molar-refractivity contribution is 5.79. The maximum Gasteiger partial charge on any atom is 0.411 e. The monoisotopic (exact) mass is 288 g/mol. The Labute approximate surface area is 114 Å². The van der Waals surface area contributed by atoms with Crippen molar-refractivity contribution >= 4 is 5.91 Å². The Morgan fingerprint density at radius 2 is 1.90 bits per heavy atom. The normalized spacial score (nSPS) is 16.6. The minimum atomic E-state index is -4.41. The van der Waals surface area contributed by atoms with E-state index < -0.39 is 24.2 Å². The van der Waals surface area contributed by atoms with Gasteiger partial charge in [-0.3, -0.25) is 4.79 Å². The minimum absolute atomic E-state index is 0.0760. The number of alkyl halides is 3. The number of carbonyl (C=O) groups is 1. The summed E-state index contributed by atoms with van der Waals surface area (Å²) < 4.78 is 43.0. The zero-order valence-electron chi connectivity index (χ0n) is 10.7. The van der Waals surface area contributed by atoms with Gasteiger partial charge in [0, 0.05) is 6.54 Å². The van der Waals surface area contributed by atoms with Gasteiger partial charge in [0.25, 0.3) is 5.91 Å². The summed E-state index contributed by atoms with van der Waals surface area (Å²) in [6, 6.07) is 6.69. The van der Waals surface area contributed by atoms with Crippen LogP contribution in [-0.4, -0.2) is 24.2 Å². The molecule has 0 aromatic heterocycles. The van der Waals surface area contributed by atoms with Crippen molar-refractivity contribution in [3.63, 3.8) is 0 Å². The molecule has 110 valence electrons. The van der Waals surface area contributed by atoms with E-state index in [1.807, 2.05) is 5.32 Å². The number of nitrogens with one attached hydrogen (secondary N) is 1. The highest BCUT2D eigenvalue weighted by atomic mass is 19.4. The fourth-order valence-corrected chi connectivity index (χ4v) is 1.78. The van der Waals surface area contributed by atoms with Crippen molar-refractivity contribution in [2.75, 3.05) is 6.61 Å². The molecule has 4 nitrogen and oxygen atoms in total. The molecule has 1 fully saturated rings. The smallest absolute Gasteiger partial charge is 0.411 e. The molecule has 7 heteroatoms. The van der Waals surface area contributed by atoms with E-state index in [0.717, 1.165) is 5.56 Å². The lowest BCUT2D eigenvalue weighted by atomic mass is 10.2. The SMILES string of the molecule is NCc1ccc(OCC(=O)NC2(C(F)(F)F)CC2)cc1. The van der Waals surface area contributed by atoms with E-state index in [9.17, 15) is 18.0 Å². The zero-order chi connectivity index (χ0) is 14.8. The summed E-state index contributed by atoms with van der Waals surface area (Å²) in [5.41, 5.74) is 4.28. The van der Waals surface area contributed by atoms with Crippen LogP contribution in [0.3, 0.4) is 0 Å². The molecule has 0 atom stereocenters. The number of benzene rings is 1. The van der Waals surface area contributed by atoms with Crippen LogP contribution in [0.15, 0.2) is 24.3 Å². The number of halogens is 3. The molecule has 1 saturated carbocycles. The molecule has 1 aromatic carbocycles. The number of hydrogen-bond acceptors (Lipinski definition) is 3. The summed E-state index contributed by atoms with van der Waals surface area (Å²) in [5, 5.41) is 1.99. The van der Waals surface area contributed by atoms with Crippen LogP contribution in [0, 0.1) is 0 Å². The van der Waals surface area contributed by atoms with Gasteiger partial charge >= 0.3 is 6.18 Å². The molecule has 1 amide bonds. The first-order valence-electron chi connectivity index (χ1n) is 6.16. The molecule has 0 bridgehead atoms. The Kier molecular flexibility index (Phi) is 3.89. The number of nitrogens with two attached hydrogens (primary N) is 1. The highest BCUT2D eigenvalue weighted by Crippen LogP contribution is 2.48. The maximum atomic E-state index is 12.6. The minimum Gasteiger partial charge on any atom is -0.484 e. The van der Waals surface area contributed by atoms with Gasteiger partial charge < -0.3 is 15.8 Å². The second kappa shape index (κ2) is 5.32. The van der Waals surface area contributed by atoms with Crippen LogP contribution in [0.5, 0.6) is 5.75 Å². The van der Waals surface area contributed by atoms with Crippen LogP contribution in [0.4, 0.5) is 13.2 Å². The van der Waals surface area contributed by atoms with Crippen molar-refractivity contribution < 1.29 is 22.7 Å². The van der Waals surface area contributed by atoms with E-state index >= 15 is 0 Å². The molecule has 0 radical (unpaired) electrons. The number of carbonyl (C=O) groups excluding carboxylic acids is 1. The fourth-order valence-electron chi connectivity index (χ4n) is 1.78. The summed E-state index contributed by atoms with van der Waals surface area (Å²) in [6.45, 7) is -0.0608. The van der Waals surface area contributed by atoms with Crippen molar-refractivity contribution in [2.24, 2.45) is 5.73 Å². The molecule has 0 saturated heterocycles. The van der Waals surface area contributed by atoms with Crippen LogP contribution in [-0.2, 0) is 11.3 Å². The van der Waals surface area contributed by atoms with Crippen molar-refractivity contribution in [3.8, 4) is 5.75 Å². The topological polar surface area (TPSA) is 64.3 Å². The third-order valence-electron chi connectivity index (χ3n) is 3.20. The molecule has 3 N–H and O–H groups in total. The van der Waals surface area contributed by atoms with Gasteiger partial charge in [-0.05, 0) is 30.5 Å². The Hall–Kier alpha value is -1.76. The first-order valence-corrected chi connectivity index (χ1v) is 6.16. The van der Waals surface area contributed by atoms with Crippen LogP contribution >= 0.6 is 0 Å². The van der Waals surface area contributed by atoms with Gasteiger partial charge in [-0.25, -0.2) is 0 Å². The van der Waals surface area contributed by atoms with Crippen LogP contribution < -0.4 is 15.8 Å². The lowest BCUT2D eigenvalue weighted by Gasteiger charge is -2.20. The maximum absolute atomic E-state index is 12.6. The van der Waals surface area contributed by atoms with Crippen molar-refractivity contribution in [1.82, 2.24) is 5.32 Å². The summed E-state index contributed by atoms with van der Waals surface area (Å²) in [4.78, 5) is 11.5. The molecule has 1 aliphatic carbocycles. The number of amides is 1. The average Bonchev–Trinajstić information content (AvgIpc) is 3.17. The molecular weight excluding hydrogens is 273 g/mol. The first-order chi connectivity index (χ1) is 9.36. The van der Waals surface area contributed by atoms with Gasteiger partial charge in [-0.2, -0.15) is 13.2 Å². The van der Waals surface area contributed by atoms with Gasteiger partial charge in [0.15, 0.2) is 6.61 Å². The summed E-state index contributed by atoms with van der Waals surface area (Å²) >= 11 is 0. The molecule has 0 unspecified atom stereocenters. The molecule has 0 spiro atoms. The van der Waals surface area contributed by atoms with Crippen molar-refractivity contribution in [3.05, 3.63) is 29.8 Å². The summed E-state index contributed by atoms with van der Waals surface area (Å²) in [7, 11) is 0. The molecule has 20 heavy (non-hydrogen) atoms. The molecule has 0 heterocycles. The van der Waals surface area contributed by atoms with E-state index in [2.05, 4.69) is 0 Å². The lowest BCUT2D eigenvalue weighted by Crippen LogP contribution is -2.49. The third kappa shape index (κ3) is 3.22. The number of rotatable bonds is 5. The lowest BCUT2D eigenvalue weighted by molar-refractivity contribution is -0.170. The Balaban J connectivity index is 1.83. The molecule has 1 aromatic rings. The fraction of sp³-hybridized carbons (Fsp3) is 0.462.